The van der Waals surface area contributed by atoms with Gasteiger partial charge in [-0.2, -0.15) is 0 Å². The van der Waals surface area contributed by atoms with Gasteiger partial charge in [-0.3, -0.25) is 0 Å². The summed E-state index contributed by atoms with van der Waals surface area (Å²) in [4.78, 5) is 15.2. The van der Waals surface area contributed by atoms with Crippen molar-refractivity contribution >= 4 is 75.3 Å². The molecule has 0 N–H and O–H groups in total. The fraction of sp³-hybridized carbons (Fsp3) is 0. The summed E-state index contributed by atoms with van der Waals surface area (Å²) < 4.78 is 11.3. The summed E-state index contributed by atoms with van der Waals surface area (Å²) in [5.41, 5.74) is 10.2. The minimum absolute atomic E-state index is 0.594. The number of para-hydroxylation sites is 2. The average Bonchev–Trinajstić information content (AvgIpc) is 3.95. The molecule has 6 heteroatoms. The Balaban J connectivity index is 0.971. The molecule has 0 atom stereocenters. The fourth-order valence-corrected chi connectivity index (χ4v) is 9.51. The van der Waals surface area contributed by atoms with Crippen molar-refractivity contribution in [2.75, 3.05) is 0 Å². The van der Waals surface area contributed by atoms with Crippen molar-refractivity contribution in [1.29, 1.82) is 0 Å². The Bertz CT molecular complexity index is 3470. The molecule has 0 bridgehead atoms. The summed E-state index contributed by atoms with van der Waals surface area (Å²) in [7, 11) is 0. The Morgan fingerprint density at radius 3 is 1.54 bits per heavy atom. The summed E-state index contributed by atoms with van der Waals surface area (Å²) in [6.45, 7) is 0. The predicted octanol–water partition coefficient (Wildman–Crippen LogP) is 13.9. The second-order valence-electron chi connectivity index (χ2n) is 14.4. The van der Waals surface area contributed by atoms with Crippen LogP contribution in [0.4, 0.5) is 0 Å². The van der Waals surface area contributed by atoms with E-state index in [9.17, 15) is 0 Å². The van der Waals surface area contributed by atoms with Crippen molar-refractivity contribution in [3.05, 3.63) is 182 Å². The SMILES string of the molecule is c1ccc(-c2ccc3c(c2)sc2cc(-c4nc(-c5ccccc5)nc(-c5ccc6c(c5)oc5ccc(-n7c8ccccc8c8ccccc87)cc56)n4)ccc23)cc1. The highest BCUT2D eigenvalue weighted by molar-refractivity contribution is 7.25. The highest BCUT2D eigenvalue weighted by Crippen LogP contribution is 2.40. The highest BCUT2D eigenvalue weighted by atomic mass is 32.1. The number of hydrogen-bond acceptors (Lipinski definition) is 5. The summed E-state index contributed by atoms with van der Waals surface area (Å²) >= 11 is 1.80. The maximum Gasteiger partial charge on any atom is 0.164 e. The van der Waals surface area contributed by atoms with Crippen LogP contribution in [0.15, 0.2) is 186 Å². The molecule has 4 aromatic heterocycles. The molecular formula is C51H30N4OS. The van der Waals surface area contributed by atoms with Crippen LogP contribution >= 0.6 is 11.3 Å². The molecule has 0 aliphatic carbocycles. The number of thiophene rings is 1. The molecule has 0 aliphatic heterocycles. The van der Waals surface area contributed by atoms with Crippen molar-refractivity contribution in [1.82, 2.24) is 19.5 Å². The first-order valence-electron chi connectivity index (χ1n) is 19.0. The Morgan fingerprint density at radius 2 is 0.877 bits per heavy atom. The molecule has 0 fully saturated rings. The normalized spacial score (nSPS) is 11.9. The number of furan rings is 1. The lowest BCUT2D eigenvalue weighted by molar-refractivity contribution is 0.669. The van der Waals surface area contributed by atoms with Gasteiger partial charge in [0.1, 0.15) is 11.2 Å². The third kappa shape index (κ3) is 5.19. The molecule has 0 spiro atoms. The van der Waals surface area contributed by atoms with Crippen molar-refractivity contribution in [3.63, 3.8) is 0 Å². The number of rotatable bonds is 5. The number of aromatic nitrogens is 4. The van der Waals surface area contributed by atoms with E-state index < -0.39 is 0 Å². The van der Waals surface area contributed by atoms with Crippen LogP contribution in [0, 0.1) is 0 Å². The Hall–Kier alpha value is -7.41. The first kappa shape index (κ1) is 31.9. The first-order chi connectivity index (χ1) is 28.2. The molecule has 266 valence electrons. The van der Waals surface area contributed by atoms with Gasteiger partial charge in [0.15, 0.2) is 17.5 Å². The quantitative estimate of drug-likeness (QED) is 0.176. The van der Waals surface area contributed by atoms with Crippen LogP contribution in [0.3, 0.4) is 0 Å². The zero-order valence-electron chi connectivity index (χ0n) is 30.4. The van der Waals surface area contributed by atoms with Gasteiger partial charge in [-0.1, -0.05) is 127 Å². The molecule has 0 aliphatic rings. The molecule has 4 heterocycles. The summed E-state index contributed by atoms with van der Waals surface area (Å²) in [6.07, 6.45) is 0. The minimum atomic E-state index is 0.594. The first-order valence-corrected chi connectivity index (χ1v) is 19.8. The van der Waals surface area contributed by atoms with Crippen LogP contribution in [0.25, 0.3) is 115 Å². The smallest absolute Gasteiger partial charge is 0.164 e. The van der Waals surface area contributed by atoms with Gasteiger partial charge in [0, 0.05) is 64.1 Å². The van der Waals surface area contributed by atoms with E-state index in [-0.39, 0.29) is 0 Å². The summed E-state index contributed by atoms with van der Waals surface area (Å²) in [5.74, 6) is 1.85. The van der Waals surface area contributed by atoms with E-state index in [4.69, 9.17) is 19.4 Å². The van der Waals surface area contributed by atoms with Crippen LogP contribution in [-0.2, 0) is 0 Å². The van der Waals surface area contributed by atoms with Crippen molar-refractivity contribution < 1.29 is 4.42 Å². The van der Waals surface area contributed by atoms with E-state index in [1.165, 1.54) is 53.1 Å². The molecule has 8 aromatic carbocycles. The Morgan fingerprint density at radius 1 is 0.351 bits per heavy atom. The van der Waals surface area contributed by atoms with Gasteiger partial charge in [-0.25, -0.2) is 15.0 Å². The van der Waals surface area contributed by atoms with Gasteiger partial charge in [0.25, 0.3) is 0 Å². The van der Waals surface area contributed by atoms with E-state index in [0.29, 0.717) is 17.5 Å². The Kier molecular flexibility index (Phi) is 7.03. The highest BCUT2D eigenvalue weighted by Gasteiger charge is 2.18. The minimum Gasteiger partial charge on any atom is -0.456 e. The van der Waals surface area contributed by atoms with Crippen molar-refractivity contribution in [2.24, 2.45) is 0 Å². The van der Waals surface area contributed by atoms with Crippen LogP contribution in [0.2, 0.25) is 0 Å². The predicted molar refractivity (Wildman–Crippen MR) is 236 cm³/mol. The third-order valence-corrected chi connectivity index (χ3v) is 12.2. The van der Waals surface area contributed by atoms with Gasteiger partial charge in [-0.15, -0.1) is 11.3 Å². The molecule has 5 nitrogen and oxygen atoms in total. The second kappa shape index (κ2) is 12.6. The largest absolute Gasteiger partial charge is 0.456 e. The van der Waals surface area contributed by atoms with Gasteiger partial charge in [-0.05, 0) is 65.7 Å². The van der Waals surface area contributed by atoms with Crippen LogP contribution in [0.1, 0.15) is 0 Å². The molecule has 0 unspecified atom stereocenters. The lowest BCUT2D eigenvalue weighted by Crippen LogP contribution is -2.00. The van der Waals surface area contributed by atoms with E-state index in [1.807, 2.05) is 30.3 Å². The van der Waals surface area contributed by atoms with E-state index in [2.05, 4.69) is 156 Å². The van der Waals surface area contributed by atoms with E-state index in [1.54, 1.807) is 11.3 Å². The van der Waals surface area contributed by atoms with E-state index in [0.717, 1.165) is 44.3 Å². The zero-order valence-corrected chi connectivity index (χ0v) is 31.2. The molecule has 12 aromatic rings. The standard InChI is InChI=1S/C51H30N4OS/c1-3-11-31(12-4-1)33-19-24-40-41-25-21-35(29-48(41)57-47(40)28-33)51-53-49(32-13-5-2-6-14-32)52-50(54-51)34-20-23-39-42-30-36(22-26-45(42)56-46(39)27-34)55-43-17-9-7-15-37(43)38-16-8-10-18-44(38)55/h1-30H. The summed E-state index contributed by atoms with van der Waals surface area (Å²) in [6, 6.07) is 63.9. The summed E-state index contributed by atoms with van der Waals surface area (Å²) in [5, 5.41) is 7.06. The molecule has 0 amide bonds. The number of hydrogen-bond donors (Lipinski definition) is 0. The maximum atomic E-state index is 6.53. The fourth-order valence-electron chi connectivity index (χ4n) is 8.32. The molecule has 12 rings (SSSR count). The van der Waals surface area contributed by atoms with Crippen LogP contribution in [-0.4, -0.2) is 19.5 Å². The average molecular weight is 747 g/mol. The van der Waals surface area contributed by atoms with Crippen LogP contribution in [0.5, 0.6) is 0 Å². The zero-order chi connectivity index (χ0) is 37.5. The number of nitrogens with zero attached hydrogens (tertiary/aromatic N) is 4. The molecule has 57 heavy (non-hydrogen) atoms. The second-order valence-corrected chi connectivity index (χ2v) is 15.5. The molecule has 0 saturated carbocycles. The molecule has 0 radical (unpaired) electrons. The van der Waals surface area contributed by atoms with E-state index >= 15 is 0 Å². The van der Waals surface area contributed by atoms with Crippen molar-refractivity contribution in [3.8, 4) is 51.0 Å². The van der Waals surface area contributed by atoms with Gasteiger partial charge in [0.2, 0.25) is 0 Å². The third-order valence-electron chi connectivity index (χ3n) is 11.1. The molecular weight excluding hydrogens is 717 g/mol. The lowest BCUT2D eigenvalue weighted by atomic mass is 10.0. The Labute approximate surface area is 330 Å². The van der Waals surface area contributed by atoms with Gasteiger partial charge in [0.05, 0.1) is 11.0 Å². The topological polar surface area (TPSA) is 56.7 Å². The molecule has 0 saturated heterocycles. The monoisotopic (exact) mass is 746 g/mol. The van der Waals surface area contributed by atoms with Gasteiger partial charge < -0.3 is 8.98 Å². The van der Waals surface area contributed by atoms with Crippen molar-refractivity contribution in [2.45, 2.75) is 0 Å². The van der Waals surface area contributed by atoms with Gasteiger partial charge >= 0.3 is 0 Å². The lowest BCUT2D eigenvalue weighted by Gasteiger charge is -2.09. The van der Waals surface area contributed by atoms with Crippen LogP contribution < -0.4 is 0 Å². The number of fused-ring (bicyclic) bond motifs is 9. The maximum absolute atomic E-state index is 6.53. The number of benzene rings is 8.